The standard InChI is InChI=1S/C21H24OSi/c23-21(19-12-6-2-7-13-19,20-14-8-3-9-15-20)22-17-16-18-10-4-1-5-11-18/h2-3,6-9,12-15,18H,1,4-5,10-11H2,23H3. The molecule has 118 valence electrons. The van der Waals surface area contributed by atoms with Gasteiger partial charge in [-0.05, 0) is 24.0 Å². The van der Waals surface area contributed by atoms with Crippen LogP contribution in [0, 0.1) is 17.9 Å². The van der Waals surface area contributed by atoms with E-state index in [1.54, 1.807) is 0 Å². The van der Waals surface area contributed by atoms with Crippen LogP contribution in [0.1, 0.15) is 43.2 Å². The van der Waals surface area contributed by atoms with Crippen LogP contribution in [0.5, 0.6) is 0 Å². The van der Waals surface area contributed by atoms with Crippen LogP contribution in [-0.2, 0) is 9.96 Å². The lowest BCUT2D eigenvalue weighted by atomic mass is 9.90. The molecule has 3 rings (SSSR count). The minimum Gasteiger partial charge on any atom is -0.436 e. The molecule has 0 atom stereocenters. The summed E-state index contributed by atoms with van der Waals surface area (Å²) in [5, 5.41) is -0.399. The van der Waals surface area contributed by atoms with Gasteiger partial charge in [-0.15, -0.1) is 0 Å². The van der Waals surface area contributed by atoms with Gasteiger partial charge in [-0.25, -0.2) is 0 Å². The first-order valence-electron chi connectivity index (χ1n) is 8.58. The van der Waals surface area contributed by atoms with Crippen molar-refractivity contribution in [1.29, 1.82) is 0 Å². The van der Waals surface area contributed by atoms with E-state index in [0.29, 0.717) is 5.92 Å². The predicted molar refractivity (Wildman–Crippen MR) is 99.0 cm³/mol. The lowest BCUT2D eigenvalue weighted by Crippen LogP contribution is -2.30. The molecule has 0 radical (unpaired) electrons. The molecule has 1 aliphatic rings. The number of rotatable bonds is 3. The summed E-state index contributed by atoms with van der Waals surface area (Å²) in [6.07, 6.45) is 9.50. The summed E-state index contributed by atoms with van der Waals surface area (Å²) < 4.78 is 6.21. The molecule has 1 aliphatic carbocycles. The van der Waals surface area contributed by atoms with Gasteiger partial charge in [-0.1, -0.05) is 85.8 Å². The summed E-state index contributed by atoms with van der Waals surface area (Å²) >= 11 is 0. The molecule has 2 aromatic rings. The first-order chi connectivity index (χ1) is 11.3. The molecule has 0 bridgehead atoms. The van der Waals surface area contributed by atoms with Crippen LogP contribution in [0.4, 0.5) is 0 Å². The van der Waals surface area contributed by atoms with E-state index in [0.717, 1.165) is 10.2 Å². The van der Waals surface area contributed by atoms with E-state index in [1.807, 2.05) is 12.1 Å². The highest BCUT2D eigenvalue weighted by molar-refractivity contribution is 6.17. The zero-order valence-corrected chi connectivity index (χ0v) is 15.8. The molecule has 0 N–H and O–H groups in total. The van der Waals surface area contributed by atoms with E-state index in [1.165, 1.54) is 43.2 Å². The Kier molecular flexibility index (Phi) is 5.20. The second kappa shape index (κ2) is 7.52. The van der Waals surface area contributed by atoms with Gasteiger partial charge >= 0.3 is 0 Å². The van der Waals surface area contributed by atoms with Gasteiger partial charge in [0.2, 0.25) is 0 Å². The fraction of sp³-hybridized carbons (Fsp3) is 0.333. The summed E-state index contributed by atoms with van der Waals surface area (Å²) in [6, 6.07) is 20.9. The smallest absolute Gasteiger partial charge is 0.146 e. The van der Waals surface area contributed by atoms with Crippen molar-refractivity contribution in [2.75, 3.05) is 0 Å². The third kappa shape index (κ3) is 3.86. The predicted octanol–water partition coefficient (Wildman–Crippen LogP) is 3.81. The second-order valence-electron chi connectivity index (χ2n) is 6.45. The summed E-state index contributed by atoms with van der Waals surface area (Å²) in [6.45, 7) is 0. The van der Waals surface area contributed by atoms with Crippen molar-refractivity contribution in [3.05, 3.63) is 71.8 Å². The summed E-state index contributed by atoms with van der Waals surface area (Å²) in [5.41, 5.74) is 2.38. The molecule has 2 aromatic carbocycles. The van der Waals surface area contributed by atoms with Crippen molar-refractivity contribution in [3.63, 3.8) is 0 Å². The van der Waals surface area contributed by atoms with Gasteiger partial charge in [-0.2, -0.15) is 0 Å². The SMILES string of the molecule is [SiH3]C(OC#CC1CCCCC1)(c1ccccc1)c1ccccc1. The van der Waals surface area contributed by atoms with Gasteiger partial charge in [0.1, 0.15) is 11.3 Å². The largest absolute Gasteiger partial charge is 0.436 e. The Balaban J connectivity index is 1.86. The Bertz CT molecular complexity index is 624. The molecule has 23 heavy (non-hydrogen) atoms. The van der Waals surface area contributed by atoms with Crippen LogP contribution in [0.25, 0.3) is 0 Å². The van der Waals surface area contributed by atoms with Crippen LogP contribution < -0.4 is 0 Å². The van der Waals surface area contributed by atoms with Crippen molar-refractivity contribution in [2.24, 2.45) is 5.92 Å². The van der Waals surface area contributed by atoms with E-state index < -0.39 is 5.22 Å². The summed E-state index contributed by atoms with van der Waals surface area (Å²) in [4.78, 5) is 0. The van der Waals surface area contributed by atoms with Gasteiger partial charge in [-0.3, -0.25) is 0 Å². The first-order valence-corrected chi connectivity index (χ1v) is 9.58. The fourth-order valence-electron chi connectivity index (χ4n) is 3.26. The molecule has 0 heterocycles. The van der Waals surface area contributed by atoms with Crippen LogP contribution >= 0.6 is 0 Å². The Morgan fingerprint density at radius 3 is 1.87 bits per heavy atom. The molecule has 0 spiro atoms. The number of hydrogen-bond donors (Lipinski definition) is 0. The lowest BCUT2D eigenvalue weighted by Gasteiger charge is -2.29. The Labute approximate surface area is 142 Å². The third-order valence-corrected chi connectivity index (χ3v) is 6.13. The highest BCUT2D eigenvalue weighted by atomic mass is 28.1. The van der Waals surface area contributed by atoms with Crippen molar-refractivity contribution in [3.8, 4) is 12.0 Å². The highest BCUT2D eigenvalue weighted by Gasteiger charge is 2.30. The van der Waals surface area contributed by atoms with Crippen molar-refractivity contribution < 1.29 is 4.74 Å². The molecule has 1 nitrogen and oxygen atoms in total. The minimum atomic E-state index is -0.399. The van der Waals surface area contributed by atoms with E-state index >= 15 is 0 Å². The molecular weight excluding hydrogens is 296 g/mol. The van der Waals surface area contributed by atoms with Crippen LogP contribution in [-0.4, -0.2) is 10.2 Å². The molecular formula is C21H24OSi. The van der Waals surface area contributed by atoms with Gasteiger partial charge in [0.15, 0.2) is 0 Å². The topological polar surface area (TPSA) is 9.23 Å². The maximum absolute atomic E-state index is 6.21. The Morgan fingerprint density at radius 1 is 0.826 bits per heavy atom. The van der Waals surface area contributed by atoms with Crippen molar-refractivity contribution in [2.45, 2.75) is 37.3 Å². The Hall–Kier alpha value is -1.98. The maximum atomic E-state index is 6.21. The molecule has 0 amide bonds. The highest BCUT2D eigenvalue weighted by Crippen LogP contribution is 2.30. The normalized spacial score (nSPS) is 15.7. The molecule has 1 fully saturated rings. The molecule has 0 aliphatic heterocycles. The molecule has 0 aromatic heterocycles. The van der Waals surface area contributed by atoms with Gasteiger partial charge < -0.3 is 4.74 Å². The Morgan fingerprint density at radius 2 is 1.35 bits per heavy atom. The quantitative estimate of drug-likeness (QED) is 0.617. The average molecular weight is 321 g/mol. The van der Waals surface area contributed by atoms with Gasteiger partial charge in [0.05, 0.1) is 10.2 Å². The van der Waals surface area contributed by atoms with Crippen LogP contribution in [0.2, 0.25) is 0 Å². The summed E-state index contributed by atoms with van der Waals surface area (Å²) in [5.74, 6) is 3.88. The fourth-order valence-corrected chi connectivity index (χ4v) is 4.03. The zero-order chi connectivity index (χ0) is 16.0. The molecule has 0 unspecified atom stereocenters. The number of hydrogen-bond acceptors (Lipinski definition) is 1. The van der Waals surface area contributed by atoms with Crippen molar-refractivity contribution >= 4 is 10.2 Å². The molecule has 2 heteroatoms. The van der Waals surface area contributed by atoms with Gasteiger partial charge in [0.25, 0.3) is 0 Å². The van der Waals surface area contributed by atoms with Crippen LogP contribution in [0.15, 0.2) is 60.7 Å². The minimum absolute atomic E-state index is 0.399. The average Bonchev–Trinajstić information content (AvgIpc) is 2.64. The summed E-state index contributed by atoms with van der Waals surface area (Å²) in [7, 11) is 0.847. The zero-order valence-electron chi connectivity index (χ0n) is 13.8. The van der Waals surface area contributed by atoms with E-state index in [-0.39, 0.29) is 0 Å². The first kappa shape index (κ1) is 15.9. The molecule has 1 saturated carbocycles. The van der Waals surface area contributed by atoms with E-state index in [2.05, 4.69) is 60.6 Å². The second-order valence-corrected chi connectivity index (χ2v) is 7.86. The lowest BCUT2D eigenvalue weighted by molar-refractivity contribution is 0.162. The number of benzene rings is 2. The number of ether oxygens (including phenoxy) is 1. The maximum Gasteiger partial charge on any atom is 0.146 e. The van der Waals surface area contributed by atoms with E-state index in [4.69, 9.17) is 4.74 Å². The van der Waals surface area contributed by atoms with Crippen LogP contribution in [0.3, 0.4) is 0 Å². The van der Waals surface area contributed by atoms with Gasteiger partial charge in [0, 0.05) is 5.92 Å². The monoisotopic (exact) mass is 320 g/mol. The molecule has 0 saturated heterocycles. The third-order valence-electron chi connectivity index (χ3n) is 4.77. The van der Waals surface area contributed by atoms with E-state index in [9.17, 15) is 0 Å². The van der Waals surface area contributed by atoms with Crippen molar-refractivity contribution in [1.82, 2.24) is 0 Å².